The van der Waals surface area contributed by atoms with E-state index in [9.17, 15) is 19.5 Å². The van der Waals surface area contributed by atoms with Crippen molar-refractivity contribution in [2.24, 2.45) is 5.10 Å². The summed E-state index contributed by atoms with van der Waals surface area (Å²) in [5, 5.41) is 19.9. The van der Waals surface area contributed by atoms with Gasteiger partial charge in [-0.05, 0) is 95.9 Å². The van der Waals surface area contributed by atoms with Crippen molar-refractivity contribution in [2.45, 2.75) is 39.6 Å². The number of hydrogen-bond acceptors (Lipinski definition) is 11. The summed E-state index contributed by atoms with van der Waals surface area (Å²) in [5.41, 5.74) is 5.96. The first-order chi connectivity index (χ1) is 23.1. The second-order valence-corrected chi connectivity index (χ2v) is 11.2. The van der Waals surface area contributed by atoms with E-state index in [1.807, 2.05) is 25.1 Å². The van der Waals surface area contributed by atoms with E-state index in [0.717, 1.165) is 11.1 Å². The maximum absolute atomic E-state index is 12.5. The summed E-state index contributed by atoms with van der Waals surface area (Å²) in [6, 6.07) is 16.2. The number of carbonyl (C=O) groups excluding carboxylic acids is 3. The fourth-order valence-electron chi connectivity index (χ4n) is 4.65. The minimum Gasteiger partial charge on any atom is -0.490 e. The molecule has 0 spiro atoms. The number of aliphatic hydroxyl groups excluding tert-OH is 1. The number of urea groups is 1. The van der Waals surface area contributed by atoms with E-state index in [2.05, 4.69) is 37.1 Å². The van der Waals surface area contributed by atoms with Crippen LogP contribution in [0.2, 0.25) is 0 Å². The average Bonchev–Trinajstić information content (AvgIpc) is 3.07. The van der Waals surface area contributed by atoms with Gasteiger partial charge in [0.05, 0.1) is 48.2 Å². The van der Waals surface area contributed by atoms with Gasteiger partial charge >= 0.3 is 18.0 Å². The van der Waals surface area contributed by atoms with Crippen molar-refractivity contribution in [1.82, 2.24) is 16.1 Å². The molecule has 0 saturated carbocycles. The average molecular weight is 726 g/mol. The summed E-state index contributed by atoms with van der Waals surface area (Å²) in [4.78, 5) is 36.4. The lowest BCUT2D eigenvalue weighted by Gasteiger charge is -2.28. The molecule has 4 rings (SSSR count). The van der Waals surface area contributed by atoms with Crippen molar-refractivity contribution in [1.29, 1.82) is 0 Å². The molecule has 0 aromatic heterocycles. The number of amides is 2. The van der Waals surface area contributed by atoms with Gasteiger partial charge in [0.2, 0.25) is 0 Å². The van der Waals surface area contributed by atoms with Gasteiger partial charge in [-0.3, -0.25) is 5.43 Å². The lowest BCUT2D eigenvalue weighted by Crippen LogP contribution is -2.45. The number of benzene rings is 3. The zero-order chi connectivity index (χ0) is 34.6. The van der Waals surface area contributed by atoms with Crippen molar-refractivity contribution in [3.05, 3.63) is 98.7 Å². The third kappa shape index (κ3) is 9.48. The lowest BCUT2D eigenvalue weighted by molar-refractivity contribution is -0.136. The number of nitrogens with zero attached hydrogens (tertiary/aromatic N) is 1. The lowest BCUT2D eigenvalue weighted by atomic mass is 9.95. The molecule has 0 aliphatic carbocycles. The molecule has 3 aromatic carbocycles. The van der Waals surface area contributed by atoms with E-state index in [4.69, 9.17) is 23.7 Å². The fourth-order valence-corrected chi connectivity index (χ4v) is 5.16. The van der Waals surface area contributed by atoms with Gasteiger partial charge < -0.3 is 39.4 Å². The first-order valence-corrected chi connectivity index (χ1v) is 15.8. The van der Waals surface area contributed by atoms with Gasteiger partial charge in [-0.1, -0.05) is 18.2 Å². The van der Waals surface area contributed by atoms with Crippen LogP contribution in [-0.4, -0.2) is 62.4 Å². The number of hydrogen-bond donors (Lipinski definition) is 4. The van der Waals surface area contributed by atoms with E-state index in [0.29, 0.717) is 58.4 Å². The van der Waals surface area contributed by atoms with Crippen molar-refractivity contribution in [3.63, 3.8) is 0 Å². The first kappa shape index (κ1) is 35.8. The van der Waals surface area contributed by atoms with E-state index in [1.54, 1.807) is 56.3 Å². The third-order valence-corrected chi connectivity index (χ3v) is 7.54. The Balaban J connectivity index is 1.31. The Bertz CT molecular complexity index is 1680. The van der Waals surface area contributed by atoms with Crippen molar-refractivity contribution >= 4 is 40.1 Å². The molecule has 0 fully saturated rings. The Labute approximate surface area is 286 Å². The molecule has 2 amide bonds. The molecule has 13 nitrogen and oxygen atoms in total. The summed E-state index contributed by atoms with van der Waals surface area (Å²) < 4.78 is 28.1. The molecule has 48 heavy (non-hydrogen) atoms. The highest BCUT2D eigenvalue weighted by Crippen LogP contribution is 2.35. The standard InChI is InChI=1S/C34H37BrN4O9/c1-5-45-28-16-24(31-30(33(42)44-4)20(3)37-34(43)38-31)12-14-27(28)48-19-29(40)39-36-17-22-9-13-26(25(35)15-22)47-18-21-7-10-23(11-8-21)32(41)46-6-2/h7-17,29,31,39-40H,5-6,18-19H2,1-4H3,(H2,37,38,43)/b36-17+/t29-,31-/m1/s1. The predicted molar refractivity (Wildman–Crippen MR) is 180 cm³/mol. The quantitative estimate of drug-likeness (QED) is 0.0746. The van der Waals surface area contributed by atoms with Gasteiger partial charge in [0.15, 0.2) is 17.7 Å². The monoisotopic (exact) mass is 724 g/mol. The number of ether oxygens (including phenoxy) is 5. The highest BCUT2D eigenvalue weighted by atomic mass is 79.9. The molecule has 14 heteroatoms. The SMILES string of the molecule is CCOC(=O)c1ccc(COc2ccc(/C=N/N[C@H](O)COc3ccc([C@H]4NC(=O)NC(C)=C4C(=O)OC)cc3OCC)cc2Br)cc1. The molecule has 0 saturated heterocycles. The number of hydrazone groups is 1. The Morgan fingerprint density at radius 3 is 2.42 bits per heavy atom. The van der Waals surface area contributed by atoms with Crippen molar-refractivity contribution in [2.75, 3.05) is 26.9 Å². The van der Waals surface area contributed by atoms with Crippen LogP contribution in [0.3, 0.4) is 0 Å². The Morgan fingerprint density at radius 1 is 0.979 bits per heavy atom. The van der Waals surface area contributed by atoms with Crippen LogP contribution in [0.1, 0.15) is 53.9 Å². The van der Waals surface area contributed by atoms with Gasteiger partial charge in [0.1, 0.15) is 19.0 Å². The topological polar surface area (TPSA) is 166 Å². The van der Waals surface area contributed by atoms with E-state index >= 15 is 0 Å². The van der Waals surface area contributed by atoms with Crippen LogP contribution in [0.15, 0.2) is 81.5 Å². The molecule has 1 aliphatic rings. The molecule has 4 N–H and O–H groups in total. The molecule has 3 aromatic rings. The third-order valence-electron chi connectivity index (χ3n) is 6.92. The number of esters is 2. The van der Waals surface area contributed by atoms with Crippen LogP contribution in [-0.2, 0) is 20.9 Å². The Hall–Kier alpha value is -5.08. The molecule has 1 aliphatic heterocycles. The zero-order valence-electron chi connectivity index (χ0n) is 26.9. The van der Waals surface area contributed by atoms with E-state index in [-0.39, 0.29) is 18.1 Å². The van der Waals surface area contributed by atoms with Crippen molar-refractivity contribution in [3.8, 4) is 17.2 Å². The smallest absolute Gasteiger partial charge is 0.338 e. The molecular weight excluding hydrogens is 688 g/mol. The minimum absolute atomic E-state index is 0.162. The van der Waals surface area contributed by atoms with E-state index in [1.165, 1.54) is 13.3 Å². The van der Waals surface area contributed by atoms with Crippen LogP contribution in [0, 0.1) is 0 Å². The highest BCUT2D eigenvalue weighted by Gasteiger charge is 2.32. The van der Waals surface area contributed by atoms with Crippen LogP contribution in [0.4, 0.5) is 4.79 Å². The largest absolute Gasteiger partial charge is 0.490 e. The van der Waals surface area contributed by atoms with Gasteiger partial charge in [0, 0.05) is 5.70 Å². The van der Waals surface area contributed by atoms with Crippen LogP contribution < -0.4 is 30.3 Å². The molecule has 0 bridgehead atoms. The molecule has 0 radical (unpaired) electrons. The Kier molecular flexibility index (Phi) is 12.8. The van der Waals surface area contributed by atoms with Gasteiger partial charge in [0.25, 0.3) is 0 Å². The highest BCUT2D eigenvalue weighted by molar-refractivity contribution is 9.10. The summed E-state index contributed by atoms with van der Waals surface area (Å²) in [6.45, 7) is 5.97. The number of methoxy groups -OCH3 is 1. The summed E-state index contributed by atoms with van der Waals surface area (Å²) in [7, 11) is 1.27. The number of aliphatic hydroxyl groups is 1. The fraction of sp³-hybridized carbons (Fsp3) is 0.294. The van der Waals surface area contributed by atoms with Crippen LogP contribution >= 0.6 is 15.9 Å². The summed E-state index contributed by atoms with van der Waals surface area (Å²) in [6.07, 6.45) is 0.380. The van der Waals surface area contributed by atoms with E-state index < -0.39 is 24.3 Å². The molecular formula is C34H37BrN4O9. The first-order valence-electron chi connectivity index (χ1n) is 15.0. The normalized spacial score (nSPS) is 14.9. The number of carbonyl (C=O) groups is 3. The van der Waals surface area contributed by atoms with Crippen LogP contribution in [0.25, 0.3) is 0 Å². The molecule has 1 heterocycles. The molecule has 0 unspecified atom stereocenters. The maximum atomic E-state index is 12.5. The van der Waals surface area contributed by atoms with Gasteiger partial charge in [-0.25, -0.2) is 14.4 Å². The zero-order valence-corrected chi connectivity index (χ0v) is 28.5. The number of nitrogens with one attached hydrogen (secondary N) is 3. The van der Waals surface area contributed by atoms with Gasteiger partial charge in [-0.2, -0.15) is 5.10 Å². The molecule has 254 valence electrons. The maximum Gasteiger partial charge on any atom is 0.338 e. The minimum atomic E-state index is -1.16. The second-order valence-electron chi connectivity index (χ2n) is 10.3. The number of allylic oxidation sites excluding steroid dienone is 1. The predicted octanol–water partition coefficient (Wildman–Crippen LogP) is 4.73. The summed E-state index contributed by atoms with van der Waals surface area (Å²) in [5.74, 6) is 0.388. The summed E-state index contributed by atoms with van der Waals surface area (Å²) >= 11 is 3.51. The number of rotatable bonds is 15. The van der Waals surface area contributed by atoms with Crippen LogP contribution in [0.5, 0.6) is 17.2 Å². The van der Waals surface area contributed by atoms with Crippen molar-refractivity contribution < 1.29 is 43.2 Å². The number of halogens is 1. The van der Waals surface area contributed by atoms with Gasteiger partial charge in [-0.15, -0.1) is 0 Å². The Morgan fingerprint density at radius 2 is 1.73 bits per heavy atom. The second kappa shape index (κ2) is 17.2. The molecule has 2 atom stereocenters.